The lowest BCUT2D eigenvalue weighted by Crippen LogP contribution is -2.24. The molecule has 2 aliphatic rings. The van der Waals surface area contributed by atoms with Crippen molar-refractivity contribution >= 4 is 40.9 Å². The number of rotatable bonds is 12. The maximum atomic E-state index is 11.3. The van der Waals surface area contributed by atoms with Crippen molar-refractivity contribution in [2.24, 2.45) is 5.73 Å². The third kappa shape index (κ3) is 15.4. The highest BCUT2D eigenvalue weighted by Gasteiger charge is 2.21. The fraction of sp³-hybridized carbons (Fsp3) is 0.364. The van der Waals surface area contributed by atoms with Crippen LogP contribution in [0.4, 0.5) is 0 Å². The van der Waals surface area contributed by atoms with Gasteiger partial charge in [0.25, 0.3) is 0 Å². The molecule has 6 rings (SSSR count). The molecule has 4 aromatic carbocycles. The standard InChI is InChI=1S/C22H28N2O3S.C21H26N2O.CH3ClO2S/c1-24(2)14-6-9-20-19-8-5-4-7-18(19)16-27-22-11-10-17(15-21(20)22)12-13-23-28(3,25)26;1-23(2)13-5-8-19-18-7-4-3-6-17(18)15-24-21-10-9-16(11-12-22)14-20(19)21;1-5(2,3)4/h4-5,7-11,15,23H,6,12-14,16H2,1-3H3;3-4,6-10,14H,5,11-13,15,22H2,1-2H3;1H3/b20-9-;19-8-;. The number of ether oxygens (including phenoxy) is 2. The molecule has 2 heterocycles. The van der Waals surface area contributed by atoms with Gasteiger partial charge in [-0.05, 0) is 129 Å². The van der Waals surface area contributed by atoms with Gasteiger partial charge in [-0.2, -0.15) is 0 Å². The molecule has 0 fully saturated rings. The highest BCUT2D eigenvalue weighted by Crippen LogP contribution is 2.39. The van der Waals surface area contributed by atoms with Crippen molar-refractivity contribution in [3.05, 3.63) is 142 Å². The predicted octanol–water partition coefficient (Wildman–Crippen LogP) is 6.70. The van der Waals surface area contributed by atoms with E-state index in [1.165, 1.54) is 50.8 Å². The van der Waals surface area contributed by atoms with E-state index in [9.17, 15) is 16.8 Å². The van der Waals surface area contributed by atoms with E-state index in [1.54, 1.807) is 0 Å². The van der Waals surface area contributed by atoms with E-state index in [2.05, 4.69) is 132 Å². The minimum Gasteiger partial charge on any atom is -0.488 e. The second-order valence-corrected chi connectivity index (χ2v) is 19.5. The number of nitrogens with zero attached hydrogens (tertiary/aromatic N) is 2. The van der Waals surface area contributed by atoms with E-state index >= 15 is 0 Å². The lowest BCUT2D eigenvalue weighted by atomic mass is 9.92. The van der Waals surface area contributed by atoms with Crippen molar-refractivity contribution in [3.63, 3.8) is 0 Å². The second-order valence-electron chi connectivity index (χ2n) is 14.6. The SMILES string of the molecule is CN(C)CC/C=C1/c2ccccc2COc2ccc(CCN)cc21.CN(C)CC/C=C1/c2ccccc2COc2ccc(CCNS(C)(=O)=O)cc21.CS(=O)(=O)Cl. The minimum absolute atomic E-state index is 0.384. The van der Waals surface area contributed by atoms with Gasteiger partial charge in [-0.15, -0.1) is 0 Å². The molecule has 0 amide bonds. The monoisotopic (exact) mass is 836 g/mol. The third-order valence-electron chi connectivity index (χ3n) is 9.11. The molecule has 0 radical (unpaired) electrons. The quantitative estimate of drug-likeness (QED) is 0.150. The van der Waals surface area contributed by atoms with Crippen LogP contribution in [0.25, 0.3) is 11.1 Å². The largest absolute Gasteiger partial charge is 0.488 e. The Balaban J connectivity index is 0.000000228. The average molecular weight is 838 g/mol. The van der Waals surface area contributed by atoms with Gasteiger partial charge in [0.2, 0.25) is 19.1 Å². The third-order valence-corrected chi connectivity index (χ3v) is 9.84. The number of benzene rings is 4. The Bertz CT molecular complexity index is 2230. The van der Waals surface area contributed by atoms with Gasteiger partial charge in [0, 0.05) is 41.4 Å². The summed E-state index contributed by atoms with van der Waals surface area (Å²) in [5.41, 5.74) is 17.7. The molecule has 0 atom stereocenters. The molecule has 0 saturated heterocycles. The van der Waals surface area contributed by atoms with Crippen LogP contribution in [0.5, 0.6) is 11.5 Å². The Labute approximate surface area is 344 Å². The highest BCUT2D eigenvalue weighted by molar-refractivity contribution is 8.13. The average Bonchev–Trinajstić information content (AvgIpc) is 3.39. The molecule has 4 aromatic rings. The highest BCUT2D eigenvalue weighted by atomic mass is 35.7. The zero-order valence-corrected chi connectivity index (χ0v) is 36.3. The van der Waals surface area contributed by atoms with Gasteiger partial charge in [-0.25, -0.2) is 21.6 Å². The molecule has 0 bridgehead atoms. The molecule has 0 aromatic heterocycles. The Hall–Kier alpha value is -4.01. The Morgan fingerprint density at radius 1 is 0.667 bits per heavy atom. The van der Waals surface area contributed by atoms with Crippen LogP contribution in [0.2, 0.25) is 0 Å². The van der Waals surface area contributed by atoms with Gasteiger partial charge in [0.1, 0.15) is 24.7 Å². The maximum absolute atomic E-state index is 11.3. The summed E-state index contributed by atoms with van der Waals surface area (Å²) in [6, 6.07) is 29.5. The van der Waals surface area contributed by atoms with Crippen LogP contribution < -0.4 is 19.9 Å². The van der Waals surface area contributed by atoms with E-state index in [0.29, 0.717) is 32.7 Å². The molecule has 308 valence electrons. The summed E-state index contributed by atoms with van der Waals surface area (Å²) >= 11 is 0. The molecule has 13 heteroatoms. The van der Waals surface area contributed by atoms with E-state index in [1.807, 2.05) is 18.2 Å². The van der Waals surface area contributed by atoms with Crippen molar-refractivity contribution in [3.8, 4) is 11.5 Å². The lowest BCUT2D eigenvalue weighted by Gasteiger charge is -2.14. The van der Waals surface area contributed by atoms with E-state index in [4.69, 9.17) is 15.2 Å². The number of hydrogen-bond donors (Lipinski definition) is 2. The number of fused-ring (bicyclic) bond motifs is 4. The lowest BCUT2D eigenvalue weighted by molar-refractivity contribution is 0.307. The number of sulfonamides is 1. The normalized spacial score (nSPS) is 14.7. The molecule has 10 nitrogen and oxygen atoms in total. The van der Waals surface area contributed by atoms with Crippen molar-refractivity contribution in [2.45, 2.75) is 38.9 Å². The van der Waals surface area contributed by atoms with Crippen molar-refractivity contribution in [2.75, 3.05) is 66.9 Å². The minimum atomic E-state index is -3.19. The van der Waals surface area contributed by atoms with E-state index < -0.39 is 19.1 Å². The van der Waals surface area contributed by atoms with Crippen LogP contribution in [-0.4, -0.2) is 93.5 Å². The van der Waals surface area contributed by atoms with E-state index in [-0.39, 0.29) is 0 Å². The summed E-state index contributed by atoms with van der Waals surface area (Å²) in [6.45, 7) is 4.21. The molecule has 0 saturated carbocycles. The molecule has 57 heavy (non-hydrogen) atoms. The van der Waals surface area contributed by atoms with Crippen molar-refractivity contribution < 1.29 is 26.3 Å². The van der Waals surface area contributed by atoms with Gasteiger partial charge in [0.15, 0.2) is 0 Å². The maximum Gasteiger partial charge on any atom is 0.229 e. The Morgan fingerprint density at radius 2 is 1.09 bits per heavy atom. The zero-order chi connectivity index (χ0) is 41.6. The van der Waals surface area contributed by atoms with Crippen LogP contribution in [-0.2, 0) is 45.1 Å². The summed E-state index contributed by atoms with van der Waals surface area (Å²) in [5, 5.41) is 0. The smallest absolute Gasteiger partial charge is 0.229 e. The van der Waals surface area contributed by atoms with Gasteiger partial charge >= 0.3 is 0 Å². The summed E-state index contributed by atoms with van der Waals surface area (Å²) in [4.78, 5) is 4.38. The first-order valence-electron chi connectivity index (χ1n) is 18.9. The predicted molar refractivity (Wildman–Crippen MR) is 235 cm³/mol. The first-order chi connectivity index (χ1) is 27.0. The second kappa shape index (κ2) is 21.7. The molecule has 2 aliphatic heterocycles. The summed E-state index contributed by atoms with van der Waals surface area (Å²) in [7, 11) is 6.49. The van der Waals surface area contributed by atoms with E-state index in [0.717, 1.165) is 61.2 Å². The topological polar surface area (TPSA) is 131 Å². The molecule has 0 spiro atoms. The molecular weight excluding hydrogens is 780 g/mol. The molecule has 3 N–H and O–H groups in total. The first-order valence-corrected chi connectivity index (χ1v) is 23.6. The Morgan fingerprint density at radius 3 is 1.49 bits per heavy atom. The Kier molecular flexibility index (Phi) is 17.4. The van der Waals surface area contributed by atoms with Crippen molar-refractivity contribution in [1.82, 2.24) is 14.5 Å². The molecule has 0 aliphatic carbocycles. The number of nitrogens with one attached hydrogen (secondary N) is 1. The van der Waals surface area contributed by atoms with Crippen LogP contribution in [0, 0.1) is 0 Å². The van der Waals surface area contributed by atoms with Gasteiger partial charge in [0.05, 0.1) is 12.5 Å². The number of nitrogens with two attached hydrogens (primary N) is 1. The van der Waals surface area contributed by atoms with Crippen LogP contribution in [0.3, 0.4) is 0 Å². The van der Waals surface area contributed by atoms with Crippen LogP contribution in [0.15, 0.2) is 97.1 Å². The van der Waals surface area contributed by atoms with Crippen LogP contribution in [0.1, 0.15) is 57.3 Å². The first kappa shape index (κ1) is 45.7. The summed E-state index contributed by atoms with van der Waals surface area (Å²) < 4.78 is 56.2. The molecular formula is C44H57ClN4O6S2. The van der Waals surface area contributed by atoms with Crippen LogP contribution >= 0.6 is 10.7 Å². The number of halogens is 1. The zero-order valence-electron chi connectivity index (χ0n) is 33.9. The summed E-state index contributed by atoms with van der Waals surface area (Å²) in [5.74, 6) is 1.83. The molecule has 0 unspecified atom stereocenters. The fourth-order valence-corrected chi connectivity index (χ4v) is 6.95. The number of hydrogen-bond acceptors (Lipinski definition) is 9. The van der Waals surface area contributed by atoms with Gasteiger partial charge in [-0.3, -0.25) is 0 Å². The van der Waals surface area contributed by atoms with Crippen molar-refractivity contribution in [1.29, 1.82) is 0 Å². The van der Waals surface area contributed by atoms with Gasteiger partial charge in [-0.1, -0.05) is 72.8 Å². The van der Waals surface area contributed by atoms with Gasteiger partial charge < -0.3 is 25.0 Å². The fourth-order valence-electron chi connectivity index (χ4n) is 6.48. The summed E-state index contributed by atoms with van der Waals surface area (Å²) in [6.07, 6.45) is 10.2.